The molecule has 0 aromatic heterocycles. The lowest BCUT2D eigenvalue weighted by atomic mass is 9.87. The molecule has 3 nitrogen and oxygen atoms in total. The van der Waals surface area contributed by atoms with E-state index in [0.717, 1.165) is 18.5 Å². The summed E-state index contributed by atoms with van der Waals surface area (Å²) in [7, 11) is 0. The van der Waals surface area contributed by atoms with Crippen molar-refractivity contribution in [3.05, 3.63) is 28.8 Å². The number of nitriles is 1. The third-order valence-corrected chi connectivity index (χ3v) is 3.99. The molecule has 1 saturated carbocycles. The van der Waals surface area contributed by atoms with Crippen LogP contribution in [0.1, 0.15) is 31.2 Å². The molecule has 0 spiro atoms. The molecule has 0 bridgehead atoms. The number of rotatable bonds is 4. The van der Waals surface area contributed by atoms with E-state index in [4.69, 9.17) is 16.9 Å². The van der Waals surface area contributed by atoms with E-state index in [1.54, 1.807) is 12.1 Å². The predicted octanol–water partition coefficient (Wildman–Crippen LogP) is 3.18. The van der Waals surface area contributed by atoms with Crippen LogP contribution in [-0.4, -0.2) is 18.3 Å². The van der Waals surface area contributed by atoms with Gasteiger partial charge in [-0.05, 0) is 31.0 Å². The second kappa shape index (κ2) is 5.60. The van der Waals surface area contributed by atoms with Gasteiger partial charge in [-0.25, -0.2) is 0 Å². The molecule has 2 N–H and O–H groups in total. The zero-order valence-corrected chi connectivity index (χ0v) is 11.0. The van der Waals surface area contributed by atoms with Crippen LogP contribution < -0.4 is 5.32 Å². The van der Waals surface area contributed by atoms with Crippen molar-refractivity contribution in [2.75, 3.05) is 18.5 Å². The Morgan fingerprint density at radius 1 is 1.39 bits per heavy atom. The molecule has 0 atom stereocenters. The van der Waals surface area contributed by atoms with E-state index < -0.39 is 0 Å². The summed E-state index contributed by atoms with van der Waals surface area (Å²) in [4.78, 5) is 0. The van der Waals surface area contributed by atoms with Crippen molar-refractivity contribution in [3.63, 3.8) is 0 Å². The van der Waals surface area contributed by atoms with Gasteiger partial charge in [-0.2, -0.15) is 5.26 Å². The highest BCUT2D eigenvalue weighted by atomic mass is 35.5. The van der Waals surface area contributed by atoms with Gasteiger partial charge in [0.1, 0.15) is 6.07 Å². The molecule has 4 heteroatoms. The molecule has 18 heavy (non-hydrogen) atoms. The van der Waals surface area contributed by atoms with Gasteiger partial charge >= 0.3 is 0 Å². The van der Waals surface area contributed by atoms with Crippen LogP contribution in [0.2, 0.25) is 5.02 Å². The van der Waals surface area contributed by atoms with Crippen LogP contribution in [0.4, 0.5) is 5.69 Å². The smallest absolute Gasteiger partial charge is 0.101 e. The molecule has 0 amide bonds. The highest BCUT2D eigenvalue weighted by molar-refractivity contribution is 6.30. The number of hydrogen-bond acceptors (Lipinski definition) is 3. The lowest BCUT2D eigenvalue weighted by Gasteiger charge is -2.27. The van der Waals surface area contributed by atoms with Crippen LogP contribution in [0.15, 0.2) is 18.2 Å². The molecular formula is C14H17ClN2O. The summed E-state index contributed by atoms with van der Waals surface area (Å²) in [5.41, 5.74) is 1.32. The molecule has 2 rings (SSSR count). The van der Waals surface area contributed by atoms with Crippen LogP contribution in [0.25, 0.3) is 0 Å². The normalized spacial score (nSPS) is 17.4. The fourth-order valence-electron chi connectivity index (χ4n) is 2.56. The van der Waals surface area contributed by atoms with Crippen molar-refractivity contribution in [2.45, 2.75) is 25.7 Å². The molecule has 1 fully saturated rings. The summed E-state index contributed by atoms with van der Waals surface area (Å²) in [6.45, 7) is 0.912. The summed E-state index contributed by atoms with van der Waals surface area (Å²) in [6, 6.07) is 7.38. The van der Waals surface area contributed by atoms with Crippen molar-refractivity contribution in [3.8, 4) is 6.07 Å². The standard InChI is InChI=1S/C14H17ClN2O/c15-12-3-4-13(11(7-12)8-16)17-9-14(10-18)5-1-2-6-14/h3-4,7,17-18H,1-2,5-6,9-10H2. The Bertz CT molecular complexity index is 461. The minimum absolute atomic E-state index is 0.0215. The van der Waals surface area contributed by atoms with E-state index >= 15 is 0 Å². The first-order chi connectivity index (χ1) is 8.69. The lowest BCUT2D eigenvalue weighted by molar-refractivity contribution is 0.142. The van der Waals surface area contributed by atoms with Gasteiger partial charge < -0.3 is 10.4 Å². The summed E-state index contributed by atoms with van der Waals surface area (Å²) < 4.78 is 0. The Morgan fingerprint density at radius 2 is 2.11 bits per heavy atom. The lowest BCUT2D eigenvalue weighted by Crippen LogP contribution is -2.30. The number of nitrogens with one attached hydrogen (secondary N) is 1. The van der Waals surface area contributed by atoms with Gasteiger partial charge in [-0.3, -0.25) is 0 Å². The fraction of sp³-hybridized carbons (Fsp3) is 0.500. The maximum Gasteiger partial charge on any atom is 0.101 e. The molecule has 0 radical (unpaired) electrons. The molecular weight excluding hydrogens is 248 g/mol. The Hall–Kier alpha value is -1.24. The minimum Gasteiger partial charge on any atom is -0.396 e. The van der Waals surface area contributed by atoms with Crippen molar-refractivity contribution in [1.82, 2.24) is 0 Å². The largest absolute Gasteiger partial charge is 0.396 e. The van der Waals surface area contributed by atoms with Crippen LogP contribution in [0.3, 0.4) is 0 Å². The van der Waals surface area contributed by atoms with E-state index in [1.807, 2.05) is 6.07 Å². The van der Waals surface area contributed by atoms with E-state index in [9.17, 15) is 5.11 Å². The highest BCUT2D eigenvalue weighted by Crippen LogP contribution is 2.38. The Kier molecular flexibility index (Phi) is 4.11. The number of aliphatic hydroxyl groups excluding tert-OH is 1. The zero-order valence-electron chi connectivity index (χ0n) is 10.2. The fourth-order valence-corrected chi connectivity index (χ4v) is 2.73. The molecule has 1 aromatic carbocycles. The molecule has 1 aromatic rings. The van der Waals surface area contributed by atoms with E-state index in [0.29, 0.717) is 17.1 Å². The average molecular weight is 265 g/mol. The van der Waals surface area contributed by atoms with Crippen LogP contribution in [0.5, 0.6) is 0 Å². The highest BCUT2D eigenvalue weighted by Gasteiger charge is 2.32. The Balaban J connectivity index is 2.08. The molecule has 0 unspecified atom stereocenters. The second-order valence-electron chi connectivity index (χ2n) is 5.02. The van der Waals surface area contributed by atoms with Crippen LogP contribution in [-0.2, 0) is 0 Å². The first-order valence-electron chi connectivity index (χ1n) is 6.23. The Labute approximate surface area is 112 Å². The van der Waals surface area contributed by atoms with Gasteiger partial charge in [-0.1, -0.05) is 24.4 Å². The molecule has 1 aliphatic carbocycles. The molecule has 0 aliphatic heterocycles. The molecule has 0 heterocycles. The number of nitrogens with zero attached hydrogens (tertiary/aromatic N) is 1. The van der Waals surface area contributed by atoms with Crippen LogP contribution in [0, 0.1) is 16.7 Å². The number of anilines is 1. The van der Waals surface area contributed by atoms with Gasteiger partial charge in [0, 0.05) is 17.0 Å². The number of hydrogen-bond donors (Lipinski definition) is 2. The van der Waals surface area contributed by atoms with Crippen molar-refractivity contribution < 1.29 is 5.11 Å². The Morgan fingerprint density at radius 3 is 2.72 bits per heavy atom. The van der Waals surface area contributed by atoms with Crippen molar-refractivity contribution >= 4 is 17.3 Å². The SMILES string of the molecule is N#Cc1cc(Cl)ccc1NCC1(CO)CCCC1. The van der Waals surface area contributed by atoms with Crippen LogP contribution >= 0.6 is 11.6 Å². The van der Waals surface area contributed by atoms with Gasteiger partial charge in [0.15, 0.2) is 0 Å². The maximum absolute atomic E-state index is 9.54. The van der Waals surface area contributed by atoms with Gasteiger partial charge in [0.25, 0.3) is 0 Å². The monoisotopic (exact) mass is 264 g/mol. The number of halogens is 1. The first kappa shape index (κ1) is 13.2. The van der Waals surface area contributed by atoms with Crippen molar-refractivity contribution in [1.29, 1.82) is 5.26 Å². The second-order valence-corrected chi connectivity index (χ2v) is 5.46. The van der Waals surface area contributed by atoms with Gasteiger partial charge in [-0.15, -0.1) is 0 Å². The quantitative estimate of drug-likeness (QED) is 0.878. The number of aliphatic hydroxyl groups is 1. The predicted molar refractivity (Wildman–Crippen MR) is 72.6 cm³/mol. The number of benzene rings is 1. The molecule has 96 valence electrons. The third kappa shape index (κ3) is 2.77. The van der Waals surface area contributed by atoms with Gasteiger partial charge in [0.05, 0.1) is 17.9 Å². The van der Waals surface area contributed by atoms with E-state index in [2.05, 4.69) is 11.4 Å². The minimum atomic E-state index is -0.0215. The third-order valence-electron chi connectivity index (χ3n) is 3.76. The summed E-state index contributed by atoms with van der Waals surface area (Å²) >= 11 is 5.86. The maximum atomic E-state index is 9.54. The van der Waals surface area contributed by atoms with Crippen molar-refractivity contribution in [2.24, 2.45) is 5.41 Å². The summed E-state index contributed by atoms with van der Waals surface area (Å²) in [5, 5.41) is 22.4. The van der Waals surface area contributed by atoms with E-state index in [-0.39, 0.29) is 12.0 Å². The zero-order chi connectivity index (χ0) is 13.0. The van der Waals surface area contributed by atoms with Gasteiger partial charge in [0.2, 0.25) is 0 Å². The molecule has 1 aliphatic rings. The molecule has 0 saturated heterocycles. The summed E-state index contributed by atoms with van der Waals surface area (Å²) in [5.74, 6) is 0. The van der Waals surface area contributed by atoms with E-state index in [1.165, 1.54) is 12.8 Å². The summed E-state index contributed by atoms with van der Waals surface area (Å²) in [6.07, 6.45) is 4.44. The topological polar surface area (TPSA) is 56.0 Å². The first-order valence-corrected chi connectivity index (χ1v) is 6.61. The average Bonchev–Trinajstić information content (AvgIpc) is 2.86.